The number of nitrogens with zero attached hydrogens (tertiary/aromatic N) is 1. The van der Waals surface area contributed by atoms with E-state index in [4.69, 9.17) is 5.11 Å². The third kappa shape index (κ3) is 2.77. The number of benzene rings is 2. The van der Waals surface area contributed by atoms with Crippen molar-refractivity contribution in [2.24, 2.45) is 0 Å². The standard InChI is InChI=1S/C14H18N2OS/c1-16(2)13-7-3-6-12-11(13)5-4-8-14(12)18-15-9-10-17/h3-8,15,17H,9-10H2,1-2H3. The van der Waals surface area contributed by atoms with Crippen LogP contribution in [0, 0.1) is 0 Å². The molecule has 0 radical (unpaired) electrons. The molecule has 96 valence electrons. The molecule has 2 N–H and O–H groups in total. The van der Waals surface area contributed by atoms with E-state index in [9.17, 15) is 0 Å². The summed E-state index contributed by atoms with van der Waals surface area (Å²) in [5.74, 6) is 0. The molecule has 0 fully saturated rings. The van der Waals surface area contributed by atoms with Gasteiger partial charge in [0.05, 0.1) is 6.61 Å². The van der Waals surface area contributed by atoms with Crippen LogP contribution in [0.3, 0.4) is 0 Å². The lowest BCUT2D eigenvalue weighted by Gasteiger charge is -2.16. The van der Waals surface area contributed by atoms with Gasteiger partial charge >= 0.3 is 0 Å². The Kier molecular flexibility index (Phi) is 4.47. The fraction of sp³-hybridized carbons (Fsp3) is 0.286. The molecule has 0 amide bonds. The maximum absolute atomic E-state index is 8.79. The number of hydrogen-bond donors (Lipinski definition) is 2. The Bertz CT molecular complexity index is 528. The maximum atomic E-state index is 8.79. The molecule has 0 saturated heterocycles. The average molecular weight is 262 g/mol. The Morgan fingerprint density at radius 2 is 1.83 bits per heavy atom. The Labute approximate surface area is 112 Å². The summed E-state index contributed by atoms with van der Waals surface area (Å²) in [6.45, 7) is 0.745. The summed E-state index contributed by atoms with van der Waals surface area (Å²) in [5, 5.41) is 11.3. The molecule has 0 unspecified atom stereocenters. The normalized spacial score (nSPS) is 10.8. The van der Waals surface area contributed by atoms with Gasteiger partial charge in [-0.05, 0) is 29.5 Å². The summed E-state index contributed by atoms with van der Waals surface area (Å²) in [6, 6.07) is 12.6. The van der Waals surface area contributed by atoms with Gasteiger partial charge in [-0.15, -0.1) is 0 Å². The number of anilines is 1. The van der Waals surface area contributed by atoms with Crippen molar-refractivity contribution >= 4 is 28.4 Å². The van der Waals surface area contributed by atoms with E-state index in [-0.39, 0.29) is 6.61 Å². The summed E-state index contributed by atoms with van der Waals surface area (Å²) >= 11 is 1.57. The van der Waals surface area contributed by atoms with E-state index in [0.717, 1.165) is 0 Å². The quantitative estimate of drug-likeness (QED) is 0.641. The van der Waals surface area contributed by atoms with Crippen molar-refractivity contribution in [1.82, 2.24) is 4.72 Å². The number of aliphatic hydroxyl groups is 1. The van der Waals surface area contributed by atoms with Gasteiger partial charge in [0.25, 0.3) is 0 Å². The highest BCUT2D eigenvalue weighted by molar-refractivity contribution is 7.97. The molecule has 0 bridgehead atoms. The van der Waals surface area contributed by atoms with E-state index >= 15 is 0 Å². The van der Waals surface area contributed by atoms with Crippen molar-refractivity contribution < 1.29 is 5.11 Å². The van der Waals surface area contributed by atoms with Crippen molar-refractivity contribution in [3.63, 3.8) is 0 Å². The van der Waals surface area contributed by atoms with Gasteiger partial charge in [0.1, 0.15) is 0 Å². The van der Waals surface area contributed by atoms with E-state index in [2.05, 4.69) is 60.1 Å². The van der Waals surface area contributed by atoms with Gasteiger partial charge in [-0.1, -0.05) is 24.3 Å². The minimum atomic E-state index is 0.153. The Balaban J connectivity index is 2.40. The lowest BCUT2D eigenvalue weighted by molar-refractivity contribution is 0.302. The summed E-state index contributed by atoms with van der Waals surface area (Å²) in [4.78, 5) is 3.31. The average Bonchev–Trinajstić information content (AvgIpc) is 2.38. The Hall–Kier alpha value is -1.23. The van der Waals surface area contributed by atoms with Crippen LogP contribution in [0.15, 0.2) is 41.3 Å². The third-order valence-corrected chi connectivity index (χ3v) is 3.66. The van der Waals surface area contributed by atoms with E-state index in [1.165, 1.54) is 21.4 Å². The first-order chi connectivity index (χ1) is 8.74. The van der Waals surface area contributed by atoms with Gasteiger partial charge < -0.3 is 10.0 Å². The van der Waals surface area contributed by atoms with Gasteiger partial charge in [0.15, 0.2) is 0 Å². The highest BCUT2D eigenvalue weighted by Crippen LogP contribution is 2.31. The summed E-state index contributed by atoms with van der Waals surface area (Å²) in [6.07, 6.45) is 0. The molecule has 2 aromatic rings. The van der Waals surface area contributed by atoms with Crippen molar-refractivity contribution in [3.05, 3.63) is 36.4 Å². The molecule has 0 heterocycles. The fourth-order valence-electron chi connectivity index (χ4n) is 1.92. The predicted octanol–water partition coefficient (Wildman–Crippen LogP) is 2.49. The second kappa shape index (κ2) is 6.09. The molecule has 2 rings (SSSR count). The van der Waals surface area contributed by atoms with Gasteiger partial charge in [0, 0.05) is 36.6 Å². The molecule has 0 aliphatic rings. The molecule has 0 atom stereocenters. The Morgan fingerprint density at radius 3 is 2.56 bits per heavy atom. The van der Waals surface area contributed by atoms with E-state index in [1.54, 1.807) is 11.9 Å². The molecule has 0 aromatic heterocycles. The van der Waals surface area contributed by atoms with Gasteiger partial charge in [0.2, 0.25) is 0 Å². The van der Waals surface area contributed by atoms with Crippen LogP contribution in [0.1, 0.15) is 0 Å². The van der Waals surface area contributed by atoms with E-state index < -0.39 is 0 Å². The van der Waals surface area contributed by atoms with Crippen LogP contribution in [0.5, 0.6) is 0 Å². The van der Waals surface area contributed by atoms with Crippen LogP contribution in [-0.4, -0.2) is 32.4 Å². The number of hydrogen-bond acceptors (Lipinski definition) is 4. The largest absolute Gasteiger partial charge is 0.395 e. The van der Waals surface area contributed by atoms with Crippen molar-refractivity contribution in [2.45, 2.75) is 4.90 Å². The van der Waals surface area contributed by atoms with Gasteiger partial charge in [-0.2, -0.15) is 0 Å². The predicted molar refractivity (Wildman–Crippen MR) is 79.2 cm³/mol. The van der Waals surface area contributed by atoms with Crippen molar-refractivity contribution in [2.75, 3.05) is 32.1 Å². The lowest BCUT2D eigenvalue weighted by atomic mass is 10.1. The molecule has 2 aromatic carbocycles. The zero-order valence-corrected chi connectivity index (χ0v) is 11.5. The number of fused-ring (bicyclic) bond motifs is 1. The van der Waals surface area contributed by atoms with Crippen LogP contribution in [0.2, 0.25) is 0 Å². The molecular weight excluding hydrogens is 244 g/mol. The van der Waals surface area contributed by atoms with Crippen LogP contribution >= 0.6 is 11.9 Å². The van der Waals surface area contributed by atoms with E-state index in [1.807, 2.05) is 0 Å². The zero-order chi connectivity index (χ0) is 13.0. The molecule has 0 spiro atoms. The first-order valence-electron chi connectivity index (χ1n) is 5.93. The molecule has 3 nitrogen and oxygen atoms in total. The van der Waals surface area contributed by atoms with Gasteiger partial charge in [-0.3, -0.25) is 4.72 Å². The molecule has 0 saturated carbocycles. The molecular formula is C14H18N2OS. The third-order valence-electron chi connectivity index (χ3n) is 2.74. The molecule has 0 aliphatic carbocycles. The monoisotopic (exact) mass is 262 g/mol. The first kappa shape index (κ1) is 13.2. The minimum absolute atomic E-state index is 0.153. The lowest BCUT2D eigenvalue weighted by Crippen LogP contribution is -2.10. The maximum Gasteiger partial charge on any atom is 0.0565 e. The number of rotatable bonds is 5. The second-order valence-electron chi connectivity index (χ2n) is 4.24. The van der Waals surface area contributed by atoms with Crippen molar-refractivity contribution in [3.8, 4) is 0 Å². The summed E-state index contributed by atoms with van der Waals surface area (Å²) in [7, 11) is 4.11. The molecule has 18 heavy (non-hydrogen) atoms. The fourth-order valence-corrected chi connectivity index (χ4v) is 2.70. The smallest absolute Gasteiger partial charge is 0.0565 e. The van der Waals surface area contributed by atoms with Crippen molar-refractivity contribution in [1.29, 1.82) is 0 Å². The number of nitrogens with one attached hydrogen (secondary N) is 1. The highest BCUT2D eigenvalue weighted by Gasteiger charge is 2.06. The topological polar surface area (TPSA) is 35.5 Å². The number of aliphatic hydroxyl groups excluding tert-OH is 1. The van der Waals surface area contributed by atoms with Crippen LogP contribution in [0.4, 0.5) is 5.69 Å². The first-order valence-corrected chi connectivity index (χ1v) is 6.75. The molecule has 0 aliphatic heterocycles. The SMILES string of the molecule is CN(C)c1cccc2c(SNCCO)cccc12. The highest BCUT2D eigenvalue weighted by atomic mass is 32.2. The zero-order valence-electron chi connectivity index (χ0n) is 10.7. The van der Waals surface area contributed by atoms with Crippen LogP contribution < -0.4 is 9.62 Å². The van der Waals surface area contributed by atoms with Crippen LogP contribution in [0.25, 0.3) is 10.8 Å². The second-order valence-corrected chi connectivity index (χ2v) is 5.18. The Morgan fingerprint density at radius 1 is 1.11 bits per heavy atom. The van der Waals surface area contributed by atoms with Crippen LogP contribution in [-0.2, 0) is 0 Å². The van der Waals surface area contributed by atoms with E-state index in [0.29, 0.717) is 6.54 Å². The van der Waals surface area contributed by atoms with Gasteiger partial charge in [-0.25, -0.2) is 0 Å². The summed E-state index contributed by atoms with van der Waals surface area (Å²) in [5.41, 5.74) is 1.22. The summed E-state index contributed by atoms with van der Waals surface area (Å²) < 4.78 is 3.15. The minimum Gasteiger partial charge on any atom is -0.395 e. The molecule has 4 heteroatoms.